The molecule has 0 aliphatic rings. The predicted molar refractivity (Wildman–Crippen MR) is 28.9 cm³/mol. The van der Waals surface area contributed by atoms with E-state index < -0.39 is 14.2 Å². The quantitative estimate of drug-likeness (QED) is 0.428. The fraction of sp³-hybridized carbons (Fsp3) is 1.00. The fourth-order valence-electron chi connectivity index (χ4n) is 0. The predicted octanol–water partition coefficient (Wildman–Crippen LogP) is -4.24. The van der Waals surface area contributed by atoms with Gasteiger partial charge >= 0.3 is 32.8 Å². The van der Waals surface area contributed by atoms with Crippen molar-refractivity contribution in [1.29, 1.82) is 0 Å². The van der Waals surface area contributed by atoms with Gasteiger partial charge in [0.1, 0.15) is 0 Å². The standard InChI is InChI=1S/2C2H7N.5O.Ru/c2*1-2-3;;;;;;/h2*2-3H2,1H3;;;;;;/q;;;;;2*-1;/p+2. The van der Waals surface area contributed by atoms with Gasteiger partial charge in [0.15, 0.2) is 0 Å². The van der Waals surface area contributed by atoms with Gasteiger partial charge in [-0.05, 0) is 13.8 Å². The molecule has 0 aliphatic carbocycles. The molecular formula is C4H16N2O5Ru. The van der Waals surface area contributed by atoms with E-state index in [4.69, 9.17) is 18.6 Å². The molecule has 0 unspecified atom stereocenters. The summed E-state index contributed by atoms with van der Waals surface area (Å²) in [5, 5.41) is 0. The zero-order valence-electron chi connectivity index (χ0n) is 7.22. The van der Waals surface area contributed by atoms with E-state index >= 15 is 0 Å². The molecule has 12 heavy (non-hydrogen) atoms. The molecule has 0 aromatic heterocycles. The molecular weight excluding hydrogens is 257 g/mol. The molecule has 80 valence electrons. The van der Waals surface area contributed by atoms with Crippen molar-refractivity contribution in [2.45, 2.75) is 13.8 Å². The maximum atomic E-state index is 8.64. The van der Waals surface area contributed by atoms with E-state index in [0.717, 1.165) is 13.1 Å². The normalized spacial score (nSPS) is 12.3. The van der Waals surface area contributed by atoms with Crippen LogP contribution in [0.25, 0.3) is 0 Å². The van der Waals surface area contributed by atoms with Crippen LogP contribution in [0.4, 0.5) is 0 Å². The third-order valence-electron chi connectivity index (χ3n) is 0. The Morgan fingerprint density at radius 1 is 1.00 bits per heavy atom. The maximum absolute atomic E-state index is 8.64. The molecule has 0 saturated carbocycles. The van der Waals surface area contributed by atoms with Crippen molar-refractivity contribution in [3.8, 4) is 0 Å². The zero-order chi connectivity index (χ0) is 10.9. The van der Waals surface area contributed by atoms with Gasteiger partial charge in [-0.2, -0.15) is 0 Å². The first-order valence-electron chi connectivity index (χ1n) is 3.14. The minimum absolute atomic E-state index is 1.00. The summed E-state index contributed by atoms with van der Waals surface area (Å²) in [7, 11) is 0. The van der Waals surface area contributed by atoms with Gasteiger partial charge in [-0.1, -0.05) is 0 Å². The topological polar surface area (TPSA) is 153 Å². The Bertz CT molecular complexity index is 223. The van der Waals surface area contributed by atoms with Crippen molar-refractivity contribution in [1.82, 2.24) is 0 Å². The molecule has 0 rings (SSSR count). The van der Waals surface area contributed by atoms with Crippen LogP contribution in [-0.4, -0.2) is 13.1 Å². The molecule has 0 aliphatic heterocycles. The number of quaternary nitrogens is 2. The van der Waals surface area contributed by atoms with Crippen LogP contribution in [0.5, 0.6) is 0 Å². The summed E-state index contributed by atoms with van der Waals surface area (Å²) < 4.78 is 43.2. The molecule has 0 fully saturated rings. The molecule has 0 saturated heterocycles. The summed E-state index contributed by atoms with van der Waals surface area (Å²) >= 11 is -7.72. The van der Waals surface area contributed by atoms with Gasteiger partial charge in [0.25, 0.3) is 0 Å². The summed E-state index contributed by atoms with van der Waals surface area (Å²) in [5.74, 6) is 0. The zero-order valence-corrected chi connectivity index (χ0v) is 8.96. The first-order valence-corrected chi connectivity index (χ1v) is 6.68. The van der Waals surface area contributed by atoms with Gasteiger partial charge < -0.3 is 11.5 Å². The first kappa shape index (κ1) is 17.8. The molecule has 0 atom stereocenters. The Hall–Kier alpha value is -0.137. The van der Waals surface area contributed by atoms with E-state index in [1.54, 1.807) is 0 Å². The summed E-state index contributed by atoms with van der Waals surface area (Å²) in [6.45, 7) is 6.03. The molecule has 7 nitrogen and oxygen atoms in total. The molecule has 0 amide bonds. The molecule has 0 aromatic carbocycles. The van der Waals surface area contributed by atoms with Crippen molar-refractivity contribution >= 4 is 0 Å². The summed E-state index contributed by atoms with van der Waals surface area (Å²) in [6.07, 6.45) is 0. The minimum atomic E-state index is -7.72. The van der Waals surface area contributed by atoms with Gasteiger partial charge in [-0.15, -0.1) is 0 Å². The van der Waals surface area contributed by atoms with Gasteiger partial charge in [0.05, 0.1) is 13.1 Å². The van der Waals surface area contributed by atoms with Crippen LogP contribution in [0, 0.1) is 0 Å². The molecule has 0 aromatic rings. The van der Waals surface area contributed by atoms with Gasteiger partial charge in [-0.3, -0.25) is 0 Å². The van der Waals surface area contributed by atoms with Crippen molar-refractivity contribution in [3.05, 3.63) is 0 Å². The summed E-state index contributed by atoms with van der Waals surface area (Å²) in [4.78, 5) is 0. The number of hydrogen-bond donors (Lipinski definition) is 2. The first-order chi connectivity index (χ1) is 5.06. The van der Waals surface area contributed by atoms with Gasteiger partial charge in [0.2, 0.25) is 0 Å². The van der Waals surface area contributed by atoms with E-state index in [2.05, 4.69) is 11.5 Å². The summed E-state index contributed by atoms with van der Waals surface area (Å²) in [6, 6.07) is 0. The second kappa shape index (κ2) is 7.51. The fourth-order valence-corrected chi connectivity index (χ4v) is 0. The van der Waals surface area contributed by atoms with Gasteiger partial charge in [0, 0.05) is 0 Å². The van der Waals surface area contributed by atoms with E-state index in [0.29, 0.717) is 0 Å². The molecule has 0 bridgehead atoms. The van der Waals surface area contributed by atoms with Crippen LogP contribution >= 0.6 is 0 Å². The third kappa shape index (κ3) is 41500. The Labute approximate surface area is 71.7 Å². The number of rotatable bonds is 0. The SMILES string of the molecule is CC[NH3+].CC[NH3+].[O]=[Ru](=[O])(=[O])([O-])[O-]. The second-order valence-corrected chi connectivity index (χ2v) is 4.49. The average Bonchev–Trinajstić information content (AvgIpc) is 1.59. The van der Waals surface area contributed by atoms with Crippen molar-refractivity contribution in [2.75, 3.05) is 13.1 Å². The monoisotopic (exact) mass is 274 g/mol. The van der Waals surface area contributed by atoms with Crippen LogP contribution in [-0.2, 0) is 24.9 Å². The van der Waals surface area contributed by atoms with Crippen molar-refractivity contribution in [2.24, 2.45) is 0 Å². The van der Waals surface area contributed by atoms with E-state index in [1.807, 2.05) is 13.8 Å². The van der Waals surface area contributed by atoms with Crippen molar-refractivity contribution in [3.63, 3.8) is 0 Å². The van der Waals surface area contributed by atoms with Crippen LogP contribution in [0.1, 0.15) is 13.8 Å². The summed E-state index contributed by atoms with van der Waals surface area (Å²) in [5.41, 5.74) is 6.97. The van der Waals surface area contributed by atoms with Gasteiger partial charge in [-0.25, -0.2) is 0 Å². The molecule has 0 radical (unpaired) electrons. The molecule has 6 N–H and O–H groups in total. The van der Waals surface area contributed by atoms with Crippen LogP contribution in [0.2, 0.25) is 0 Å². The second-order valence-electron chi connectivity index (χ2n) is 1.59. The molecule has 0 spiro atoms. The van der Waals surface area contributed by atoms with E-state index in [1.165, 1.54) is 0 Å². The molecule has 8 heteroatoms. The Morgan fingerprint density at radius 2 is 1.00 bits per heavy atom. The Morgan fingerprint density at radius 3 is 1.00 bits per heavy atom. The van der Waals surface area contributed by atoms with Crippen LogP contribution < -0.4 is 19.3 Å². The van der Waals surface area contributed by atoms with Crippen LogP contribution in [0.15, 0.2) is 0 Å². The Kier molecular flexibility index (Phi) is 11.2. The number of hydrogen-bond acceptors (Lipinski definition) is 5. The third-order valence-corrected chi connectivity index (χ3v) is 0. The average molecular weight is 273 g/mol. The van der Waals surface area contributed by atoms with Crippen LogP contribution in [0.3, 0.4) is 0 Å². The van der Waals surface area contributed by atoms with E-state index in [-0.39, 0.29) is 0 Å². The van der Waals surface area contributed by atoms with Crippen molar-refractivity contribution < 1.29 is 44.2 Å². The molecule has 0 heterocycles. The van der Waals surface area contributed by atoms with E-state index in [9.17, 15) is 0 Å². The Balaban J connectivity index is -0.000000115.